The number of unbranched alkanes of at least 4 members (excludes halogenated alkanes) is 1. The molecule has 9 nitrogen and oxygen atoms in total. The van der Waals surface area contributed by atoms with Gasteiger partial charge in [0.15, 0.2) is 0 Å². The maximum Gasteiger partial charge on any atom is 0.407 e. The van der Waals surface area contributed by atoms with Crippen LogP contribution in [0, 0.1) is 0 Å². The van der Waals surface area contributed by atoms with Crippen LogP contribution in [0.15, 0.2) is 12.1 Å². The Balaban J connectivity index is 1.74. The van der Waals surface area contributed by atoms with E-state index in [1.165, 1.54) is 5.56 Å². The number of carbonyl (C=O) groups is 2. The second kappa shape index (κ2) is 15.5. The molecule has 0 saturated heterocycles. The third-order valence-electron chi connectivity index (χ3n) is 5.88. The minimum atomic E-state index is -4.33. The molecule has 0 radical (unpaired) electrons. The fraction of sp³-hybridized carbons (Fsp3) is 0.708. The van der Waals surface area contributed by atoms with E-state index in [-0.39, 0.29) is 12.8 Å². The number of fused-ring (bicyclic) bond motifs is 1. The molecule has 0 fully saturated rings. The number of aromatic nitrogens is 1. The molecule has 1 aromatic heterocycles. The van der Waals surface area contributed by atoms with E-state index in [0.29, 0.717) is 19.7 Å². The summed E-state index contributed by atoms with van der Waals surface area (Å²) in [6.45, 7) is 2.71. The van der Waals surface area contributed by atoms with E-state index in [1.54, 1.807) is 7.11 Å². The lowest BCUT2D eigenvalue weighted by Crippen LogP contribution is -2.44. The summed E-state index contributed by atoms with van der Waals surface area (Å²) in [5, 5.41) is 15.0. The Kier molecular flexibility index (Phi) is 12.8. The predicted octanol–water partition coefficient (Wildman–Crippen LogP) is 3.62. The number of carbonyl (C=O) groups excluding carboxylic acids is 1. The van der Waals surface area contributed by atoms with Crippen molar-refractivity contribution in [3.05, 3.63) is 23.4 Å². The number of aliphatic carboxylic acids is 1. The molecule has 3 N–H and O–H groups in total. The van der Waals surface area contributed by atoms with Gasteiger partial charge in [0.25, 0.3) is 0 Å². The number of carboxylic acids is 1. The van der Waals surface area contributed by atoms with Gasteiger partial charge < -0.3 is 30.1 Å². The molecule has 1 aliphatic rings. The van der Waals surface area contributed by atoms with Gasteiger partial charge in [-0.15, -0.1) is 0 Å². The predicted molar refractivity (Wildman–Crippen MR) is 128 cm³/mol. The number of nitrogens with zero attached hydrogens (tertiary/aromatic N) is 2. The van der Waals surface area contributed by atoms with Crippen LogP contribution in [-0.2, 0) is 27.1 Å². The van der Waals surface area contributed by atoms with Crippen molar-refractivity contribution in [1.29, 1.82) is 0 Å². The molecule has 0 saturated carbocycles. The van der Waals surface area contributed by atoms with Crippen LogP contribution < -0.4 is 10.6 Å². The topological polar surface area (TPSA) is 113 Å². The van der Waals surface area contributed by atoms with Gasteiger partial charge in [-0.05, 0) is 63.1 Å². The number of halogens is 3. The fourth-order valence-electron chi connectivity index (χ4n) is 3.90. The van der Waals surface area contributed by atoms with Gasteiger partial charge >= 0.3 is 18.2 Å². The van der Waals surface area contributed by atoms with Crippen molar-refractivity contribution in [3.8, 4) is 0 Å². The van der Waals surface area contributed by atoms with Crippen LogP contribution in [0.2, 0.25) is 0 Å². The Morgan fingerprint density at radius 2 is 2.00 bits per heavy atom. The van der Waals surface area contributed by atoms with E-state index >= 15 is 0 Å². The molecule has 2 rings (SSSR count). The Bertz CT molecular complexity index is 825. The maximum absolute atomic E-state index is 12.2. The smallest absolute Gasteiger partial charge is 0.407 e. The molecule has 0 bridgehead atoms. The second-order valence-electron chi connectivity index (χ2n) is 8.81. The Hall–Kier alpha value is -2.60. The number of hydrogen-bond acceptors (Lipinski definition) is 7. The van der Waals surface area contributed by atoms with Crippen LogP contribution in [-0.4, -0.2) is 85.8 Å². The summed E-state index contributed by atoms with van der Waals surface area (Å²) >= 11 is 0. The summed E-state index contributed by atoms with van der Waals surface area (Å²) in [6.07, 6.45) is -1.90. The molecule has 0 spiro atoms. The normalized spacial score (nSPS) is 14.1. The third kappa shape index (κ3) is 11.9. The summed E-state index contributed by atoms with van der Waals surface area (Å²) in [5.74, 6) is -0.257. The molecular formula is C24H37F3N4O5. The van der Waals surface area contributed by atoms with Gasteiger partial charge in [0, 0.05) is 38.9 Å². The number of anilines is 1. The molecule has 1 aliphatic heterocycles. The number of pyridine rings is 1. The van der Waals surface area contributed by atoms with Crippen LogP contribution in [0.4, 0.5) is 23.8 Å². The number of carboxylic acid groups (broad SMARTS) is 1. The molecule has 1 aromatic rings. The van der Waals surface area contributed by atoms with Gasteiger partial charge in [-0.3, -0.25) is 0 Å². The molecule has 204 valence electrons. The standard InChI is InChI=1S/C24H37F3N4O5/c1-35-17-15-31(13-3-2-7-19-9-8-18-6-4-12-28-21(18)29-19)14-10-20(22(32)33)30-23(34)36-16-5-11-24(25,26)27/h8-9,20H,2-7,10-17H2,1H3,(H,28,29)(H,30,34)(H,32,33). The molecule has 36 heavy (non-hydrogen) atoms. The van der Waals surface area contributed by atoms with E-state index < -0.39 is 37.3 Å². The van der Waals surface area contributed by atoms with E-state index in [9.17, 15) is 27.9 Å². The average Bonchev–Trinajstić information content (AvgIpc) is 2.83. The average molecular weight is 519 g/mol. The zero-order valence-electron chi connectivity index (χ0n) is 20.7. The number of alkyl halides is 3. The second-order valence-corrected chi connectivity index (χ2v) is 8.81. The molecule has 1 atom stereocenters. The minimum Gasteiger partial charge on any atom is -0.480 e. The first kappa shape index (κ1) is 29.6. The molecule has 0 aliphatic carbocycles. The summed E-state index contributed by atoms with van der Waals surface area (Å²) in [4.78, 5) is 30.2. The Labute approximate surface area is 209 Å². The molecular weight excluding hydrogens is 481 g/mol. The highest BCUT2D eigenvalue weighted by atomic mass is 19.4. The summed E-state index contributed by atoms with van der Waals surface area (Å²) in [6, 6.07) is 2.99. The van der Waals surface area contributed by atoms with E-state index in [4.69, 9.17) is 9.72 Å². The van der Waals surface area contributed by atoms with Gasteiger partial charge in [0.05, 0.1) is 13.2 Å². The highest BCUT2D eigenvalue weighted by molar-refractivity contribution is 5.79. The van der Waals surface area contributed by atoms with Crippen molar-refractivity contribution in [1.82, 2.24) is 15.2 Å². The summed E-state index contributed by atoms with van der Waals surface area (Å²) in [7, 11) is 1.59. The van der Waals surface area contributed by atoms with Crippen LogP contribution >= 0.6 is 0 Å². The SMILES string of the molecule is COCCN(CCCCc1ccc2c(n1)NCCC2)CCC(NC(=O)OCCCC(F)(F)F)C(=O)O. The molecule has 1 amide bonds. The zero-order valence-corrected chi connectivity index (χ0v) is 20.7. The van der Waals surface area contributed by atoms with E-state index in [0.717, 1.165) is 56.7 Å². The van der Waals surface area contributed by atoms with E-state index in [2.05, 4.69) is 32.4 Å². The van der Waals surface area contributed by atoms with Crippen molar-refractivity contribution < 1.29 is 37.3 Å². The first-order chi connectivity index (χ1) is 17.2. The maximum atomic E-state index is 12.2. The van der Waals surface area contributed by atoms with Crippen LogP contribution in [0.25, 0.3) is 0 Å². The van der Waals surface area contributed by atoms with Crippen LogP contribution in [0.3, 0.4) is 0 Å². The van der Waals surface area contributed by atoms with Gasteiger partial charge in [0.1, 0.15) is 11.9 Å². The monoisotopic (exact) mass is 518 g/mol. The number of amides is 1. The van der Waals surface area contributed by atoms with Gasteiger partial charge in [-0.25, -0.2) is 14.6 Å². The lowest BCUT2D eigenvalue weighted by molar-refractivity contribution is -0.139. The van der Waals surface area contributed by atoms with Crippen molar-refractivity contribution in [2.75, 3.05) is 51.8 Å². The molecule has 0 aromatic carbocycles. The summed E-state index contributed by atoms with van der Waals surface area (Å²) < 4.78 is 46.3. The number of ether oxygens (including phenoxy) is 2. The fourth-order valence-corrected chi connectivity index (χ4v) is 3.90. The van der Waals surface area contributed by atoms with Crippen molar-refractivity contribution in [2.45, 2.75) is 63.6 Å². The number of rotatable bonds is 16. The van der Waals surface area contributed by atoms with Crippen LogP contribution in [0.5, 0.6) is 0 Å². The number of nitrogens with one attached hydrogen (secondary N) is 2. The number of methoxy groups -OCH3 is 1. The largest absolute Gasteiger partial charge is 0.480 e. The Morgan fingerprint density at radius 3 is 2.72 bits per heavy atom. The molecule has 1 unspecified atom stereocenters. The lowest BCUT2D eigenvalue weighted by atomic mass is 10.1. The Morgan fingerprint density at radius 1 is 1.19 bits per heavy atom. The highest BCUT2D eigenvalue weighted by Gasteiger charge is 2.27. The van der Waals surface area contributed by atoms with Gasteiger partial charge in [-0.1, -0.05) is 6.07 Å². The highest BCUT2D eigenvalue weighted by Crippen LogP contribution is 2.21. The van der Waals surface area contributed by atoms with Crippen molar-refractivity contribution >= 4 is 17.9 Å². The number of alkyl carbamates (subject to hydrolysis) is 1. The third-order valence-corrected chi connectivity index (χ3v) is 5.88. The van der Waals surface area contributed by atoms with Gasteiger partial charge in [-0.2, -0.15) is 13.2 Å². The first-order valence-corrected chi connectivity index (χ1v) is 12.3. The van der Waals surface area contributed by atoms with Crippen molar-refractivity contribution in [3.63, 3.8) is 0 Å². The van der Waals surface area contributed by atoms with E-state index in [1.807, 2.05) is 0 Å². The minimum absolute atomic E-state index is 0.120. The van der Waals surface area contributed by atoms with Crippen molar-refractivity contribution in [2.24, 2.45) is 0 Å². The quantitative estimate of drug-likeness (QED) is 0.285. The number of hydrogen-bond donors (Lipinski definition) is 3. The molecule has 12 heteroatoms. The van der Waals surface area contributed by atoms with Gasteiger partial charge in [0.2, 0.25) is 0 Å². The lowest BCUT2D eigenvalue weighted by Gasteiger charge is -2.24. The first-order valence-electron chi connectivity index (χ1n) is 12.3. The van der Waals surface area contributed by atoms with Crippen LogP contribution in [0.1, 0.15) is 49.8 Å². The number of aryl methyl sites for hydroxylation is 2. The zero-order chi connectivity index (χ0) is 26.4. The summed E-state index contributed by atoms with van der Waals surface area (Å²) in [5.41, 5.74) is 2.29. The molecule has 2 heterocycles.